The molecule has 1 N–H and O–H groups in total. The van der Waals surface area contributed by atoms with Gasteiger partial charge < -0.3 is 5.32 Å². The quantitative estimate of drug-likeness (QED) is 0.705. The molecule has 0 aromatic heterocycles. The summed E-state index contributed by atoms with van der Waals surface area (Å²) in [6, 6.07) is 5.46. The lowest BCUT2D eigenvalue weighted by Crippen LogP contribution is -2.21. The van der Waals surface area contributed by atoms with E-state index in [-0.39, 0.29) is 11.9 Å². The third-order valence-electron chi connectivity index (χ3n) is 3.40. The standard InChI is InChI=1S/C16H26FNS/c1-6-10-18-12(4)16-14(17)8-7-9-15(16)19-13(5)11(2)3/h7-9,11-13,18H,6,10H2,1-5H3. The molecule has 0 amide bonds. The van der Waals surface area contributed by atoms with E-state index >= 15 is 0 Å². The third kappa shape index (κ3) is 4.81. The van der Waals surface area contributed by atoms with Crippen molar-refractivity contribution in [1.29, 1.82) is 0 Å². The van der Waals surface area contributed by atoms with Crippen molar-refractivity contribution in [2.24, 2.45) is 5.92 Å². The van der Waals surface area contributed by atoms with Gasteiger partial charge in [-0.3, -0.25) is 0 Å². The lowest BCUT2D eigenvalue weighted by Gasteiger charge is -2.21. The summed E-state index contributed by atoms with van der Waals surface area (Å²) in [5.74, 6) is 0.483. The van der Waals surface area contributed by atoms with Gasteiger partial charge in [0.2, 0.25) is 0 Å². The SMILES string of the molecule is CCCNC(C)c1c(F)cccc1SC(C)C(C)C. The first-order chi connectivity index (χ1) is 8.97. The lowest BCUT2D eigenvalue weighted by atomic mass is 10.1. The fourth-order valence-electron chi connectivity index (χ4n) is 1.84. The Morgan fingerprint density at radius 1 is 1.21 bits per heavy atom. The number of nitrogens with one attached hydrogen (secondary N) is 1. The van der Waals surface area contributed by atoms with Crippen molar-refractivity contribution >= 4 is 11.8 Å². The molecule has 0 bridgehead atoms. The first kappa shape index (κ1) is 16.5. The first-order valence-electron chi connectivity index (χ1n) is 7.15. The molecule has 108 valence electrons. The van der Waals surface area contributed by atoms with Crippen LogP contribution < -0.4 is 5.32 Å². The van der Waals surface area contributed by atoms with Crippen LogP contribution in [0.4, 0.5) is 4.39 Å². The van der Waals surface area contributed by atoms with Gasteiger partial charge in [0, 0.05) is 21.8 Å². The molecule has 1 nitrogen and oxygen atoms in total. The molecule has 2 atom stereocenters. The van der Waals surface area contributed by atoms with Crippen molar-refractivity contribution in [3.63, 3.8) is 0 Å². The molecule has 0 saturated heterocycles. The molecular formula is C16H26FNS. The summed E-state index contributed by atoms with van der Waals surface area (Å²) in [4.78, 5) is 1.07. The zero-order valence-corrected chi connectivity index (χ0v) is 13.5. The molecule has 0 saturated carbocycles. The fraction of sp³-hybridized carbons (Fsp3) is 0.625. The third-order valence-corrected chi connectivity index (χ3v) is 4.92. The Kier molecular flexibility index (Phi) is 6.87. The van der Waals surface area contributed by atoms with Crippen molar-refractivity contribution in [3.05, 3.63) is 29.6 Å². The van der Waals surface area contributed by atoms with E-state index in [0.29, 0.717) is 11.2 Å². The minimum absolute atomic E-state index is 0.0583. The Labute approximate surface area is 121 Å². The highest BCUT2D eigenvalue weighted by Gasteiger charge is 2.18. The topological polar surface area (TPSA) is 12.0 Å². The van der Waals surface area contributed by atoms with Crippen LogP contribution in [0.1, 0.15) is 52.6 Å². The number of thioether (sulfide) groups is 1. The molecule has 0 aliphatic rings. The van der Waals surface area contributed by atoms with Crippen LogP contribution in [0.3, 0.4) is 0 Å². The van der Waals surface area contributed by atoms with Crippen molar-refractivity contribution in [2.75, 3.05) is 6.54 Å². The van der Waals surface area contributed by atoms with E-state index in [1.165, 1.54) is 0 Å². The smallest absolute Gasteiger partial charge is 0.129 e. The van der Waals surface area contributed by atoms with Crippen molar-refractivity contribution in [2.45, 2.75) is 57.2 Å². The van der Waals surface area contributed by atoms with Gasteiger partial charge in [0.05, 0.1) is 0 Å². The number of halogens is 1. The number of rotatable bonds is 7. The van der Waals surface area contributed by atoms with E-state index in [4.69, 9.17) is 0 Å². The molecule has 2 unspecified atom stereocenters. The van der Waals surface area contributed by atoms with Crippen LogP contribution in [-0.2, 0) is 0 Å². The zero-order chi connectivity index (χ0) is 14.4. The average Bonchev–Trinajstić information content (AvgIpc) is 2.36. The zero-order valence-electron chi connectivity index (χ0n) is 12.7. The maximum atomic E-state index is 14.1. The largest absolute Gasteiger partial charge is 0.310 e. The highest BCUT2D eigenvalue weighted by molar-refractivity contribution is 8.00. The highest BCUT2D eigenvalue weighted by Crippen LogP contribution is 2.34. The van der Waals surface area contributed by atoms with Crippen molar-refractivity contribution in [1.82, 2.24) is 5.32 Å². The first-order valence-corrected chi connectivity index (χ1v) is 8.03. The molecule has 0 aliphatic heterocycles. The van der Waals surface area contributed by atoms with Crippen LogP contribution in [0.5, 0.6) is 0 Å². The summed E-state index contributed by atoms with van der Waals surface area (Å²) in [5.41, 5.74) is 0.813. The molecule has 0 aliphatic carbocycles. The van der Waals surface area contributed by atoms with Crippen LogP contribution in [0.15, 0.2) is 23.1 Å². The second-order valence-corrected chi connectivity index (χ2v) is 6.81. The molecule has 0 heterocycles. The molecule has 1 rings (SSSR count). The Balaban J connectivity index is 2.94. The van der Waals surface area contributed by atoms with Gasteiger partial charge in [-0.05, 0) is 37.9 Å². The molecule has 0 radical (unpaired) electrons. The van der Waals surface area contributed by atoms with Crippen LogP contribution in [0.2, 0.25) is 0 Å². The van der Waals surface area contributed by atoms with E-state index in [0.717, 1.165) is 23.4 Å². The minimum Gasteiger partial charge on any atom is -0.310 e. The van der Waals surface area contributed by atoms with E-state index in [9.17, 15) is 4.39 Å². The number of hydrogen-bond acceptors (Lipinski definition) is 2. The van der Waals surface area contributed by atoms with Gasteiger partial charge in [0.1, 0.15) is 5.82 Å². The van der Waals surface area contributed by atoms with Crippen molar-refractivity contribution in [3.8, 4) is 0 Å². The van der Waals surface area contributed by atoms with Crippen molar-refractivity contribution < 1.29 is 4.39 Å². The van der Waals surface area contributed by atoms with E-state index in [2.05, 4.69) is 33.0 Å². The minimum atomic E-state index is -0.0999. The maximum absolute atomic E-state index is 14.1. The van der Waals surface area contributed by atoms with Gasteiger partial charge in [0.25, 0.3) is 0 Å². The van der Waals surface area contributed by atoms with Crippen LogP contribution >= 0.6 is 11.8 Å². The Morgan fingerprint density at radius 3 is 2.47 bits per heavy atom. The summed E-state index contributed by atoms with van der Waals surface area (Å²) in [5, 5.41) is 3.86. The molecule has 1 aromatic rings. The van der Waals surface area contributed by atoms with Gasteiger partial charge in [0.15, 0.2) is 0 Å². The fourth-order valence-corrected chi connectivity index (χ4v) is 3.07. The number of benzene rings is 1. The Hall–Kier alpha value is -0.540. The average molecular weight is 283 g/mol. The van der Waals surface area contributed by atoms with Crippen LogP contribution in [0, 0.1) is 11.7 Å². The van der Waals surface area contributed by atoms with Gasteiger partial charge in [-0.25, -0.2) is 4.39 Å². The molecular weight excluding hydrogens is 257 g/mol. The summed E-state index contributed by atoms with van der Waals surface area (Å²) in [6.07, 6.45) is 1.06. The Bertz CT molecular complexity index is 392. The van der Waals surface area contributed by atoms with Gasteiger partial charge in [-0.15, -0.1) is 11.8 Å². The summed E-state index contributed by atoms with van der Waals surface area (Å²) < 4.78 is 14.1. The predicted octanol–water partition coefficient (Wildman–Crippen LogP) is 5.02. The molecule has 0 spiro atoms. The lowest BCUT2D eigenvalue weighted by molar-refractivity contribution is 0.518. The molecule has 0 fully saturated rings. The summed E-state index contributed by atoms with van der Waals surface area (Å²) in [6.45, 7) is 11.7. The monoisotopic (exact) mass is 283 g/mol. The van der Waals surface area contributed by atoms with Crippen LogP contribution in [0.25, 0.3) is 0 Å². The second-order valence-electron chi connectivity index (χ2n) is 5.39. The van der Waals surface area contributed by atoms with E-state index in [1.807, 2.05) is 13.0 Å². The summed E-state index contributed by atoms with van der Waals surface area (Å²) >= 11 is 1.77. The van der Waals surface area contributed by atoms with Gasteiger partial charge in [-0.2, -0.15) is 0 Å². The summed E-state index contributed by atoms with van der Waals surface area (Å²) in [7, 11) is 0. The molecule has 1 aromatic carbocycles. The number of hydrogen-bond donors (Lipinski definition) is 1. The van der Waals surface area contributed by atoms with E-state index < -0.39 is 0 Å². The molecule has 19 heavy (non-hydrogen) atoms. The maximum Gasteiger partial charge on any atom is 0.129 e. The van der Waals surface area contributed by atoms with Gasteiger partial charge in [-0.1, -0.05) is 33.8 Å². The predicted molar refractivity (Wildman–Crippen MR) is 83.3 cm³/mol. The second kappa shape index (κ2) is 7.91. The van der Waals surface area contributed by atoms with E-state index in [1.54, 1.807) is 23.9 Å². The van der Waals surface area contributed by atoms with Gasteiger partial charge >= 0.3 is 0 Å². The highest BCUT2D eigenvalue weighted by atomic mass is 32.2. The normalized spacial score (nSPS) is 14.7. The van der Waals surface area contributed by atoms with Crippen LogP contribution in [-0.4, -0.2) is 11.8 Å². The molecule has 3 heteroatoms. The Morgan fingerprint density at radius 2 is 1.89 bits per heavy atom.